The van der Waals surface area contributed by atoms with Gasteiger partial charge in [-0.15, -0.1) is 4.36 Å². The van der Waals surface area contributed by atoms with Crippen LogP contribution < -0.4 is 0 Å². The van der Waals surface area contributed by atoms with E-state index in [0.29, 0.717) is 11.3 Å². The maximum atomic E-state index is 11.5. The lowest BCUT2D eigenvalue weighted by Gasteiger charge is -2.00. The van der Waals surface area contributed by atoms with Crippen molar-refractivity contribution in [2.75, 3.05) is 13.1 Å². The van der Waals surface area contributed by atoms with Crippen LogP contribution in [0, 0.1) is 0 Å². The molecule has 0 spiro atoms. The van der Waals surface area contributed by atoms with Crippen molar-refractivity contribution in [3.8, 4) is 0 Å². The van der Waals surface area contributed by atoms with Crippen LogP contribution in [0.3, 0.4) is 0 Å². The summed E-state index contributed by atoms with van der Waals surface area (Å²) in [4.78, 5) is 13.2. The molecule has 1 heterocycles. The van der Waals surface area contributed by atoms with Crippen LogP contribution in [0.5, 0.6) is 0 Å². The minimum absolute atomic E-state index is 0.0233. The zero-order valence-electron chi connectivity index (χ0n) is 7.75. The molecule has 1 aliphatic rings. The Hall–Kier alpha value is -1.69. The summed E-state index contributed by atoms with van der Waals surface area (Å²) in [5, 5.41) is 0. The van der Waals surface area contributed by atoms with Crippen molar-refractivity contribution in [1.82, 2.24) is 4.90 Å². The van der Waals surface area contributed by atoms with Crippen molar-refractivity contribution < 1.29 is 13.2 Å². The van der Waals surface area contributed by atoms with Crippen molar-refractivity contribution in [1.29, 1.82) is 0 Å². The van der Waals surface area contributed by atoms with Gasteiger partial charge in [-0.05, 0) is 24.3 Å². The molecule has 0 aromatic heterocycles. The molecule has 1 fully saturated rings. The van der Waals surface area contributed by atoms with Gasteiger partial charge in [-0.1, -0.05) is 0 Å². The highest BCUT2D eigenvalue weighted by Crippen LogP contribution is 2.16. The van der Waals surface area contributed by atoms with Gasteiger partial charge in [0.2, 0.25) is 0 Å². The van der Waals surface area contributed by atoms with E-state index in [2.05, 4.69) is 4.36 Å². The molecule has 15 heavy (non-hydrogen) atoms. The van der Waals surface area contributed by atoms with Crippen LogP contribution >= 0.6 is 0 Å². The van der Waals surface area contributed by atoms with Crippen LogP contribution in [0.1, 0.15) is 10.4 Å². The Morgan fingerprint density at radius 2 is 1.80 bits per heavy atom. The van der Waals surface area contributed by atoms with Crippen LogP contribution in [0.4, 0.5) is 5.69 Å². The summed E-state index contributed by atoms with van der Waals surface area (Å²) >= 11 is 0. The fourth-order valence-corrected chi connectivity index (χ4v) is 1.48. The van der Waals surface area contributed by atoms with Crippen LogP contribution in [-0.4, -0.2) is 32.3 Å². The molecule has 0 saturated carbocycles. The Labute approximate surface area is 88.0 Å². The molecule has 0 bridgehead atoms. The summed E-state index contributed by atoms with van der Waals surface area (Å²) in [5.74, 6) is -0.0233. The fourth-order valence-electron chi connectivity index (χ4n) is 1.19. The van der Waals surface area contributed by atoms with Gasteiger partial charge >= 0.3 is 10.5 Å². The summed E-state index contributed by atoms with van der Waals surface area (Å²) in [6, 6.07) is 6.16. The van der Waals surface area contributed by atoms with Gasteiger partial charge < -0.3 is 4.90 Å². The average Bonchev–Trinajstić information content (AvgIpc) is 3.00. The lowest BCUT2D eigenvalue weighted by atomic mass is 10.2. The Morgan fingerprint density at radius 1 is 1.20 bits per heavy atom. The molecule has 2 rings (SSSR count). The third-order valence-corrected chi connectivity index (χ3v) is 2.39. The molecule has 1 amide bonds. The third-order valence-electron chi connectivity index (χ3n) is 2.03. The summed E-state index contributed by atoms with van der Waals surface area (Å²) in [6.07, 6.45) is 0. The van der Waals surface area contributed by atoms with E-state index in [9.17, 15) is 13.2 Å². The normalized spacial score (nSPS) is 13.5. The molecule has 0 N–H and O–H groups in total. The predicted molar refractivity (Wildman–Crippen MR) is 53.4 cm³/mol. The van der Waals surface area contributed by atoms with Crippen LogP contribution in [0.15, 0.2) is 28.6 Å². The lowest BCUT2D eigenvalue weighted by Crippen LogP contribution is -2.09. The van der Waals surface area contributed by atoms with Crippen LogP contribution in [0.25, 0.3) is 0 Å². The molecule has 1 aromatic carbocycles. The number of hydrogen-bond acceptors (Lipinski definition) is 4. The van der Waals surface area contributed by atoms with Crippen molar-refractivity contribution in [2.24, 2.45) is 4.36 Å². The van der Waals surface area contributed by atoms with Crippen molar-refractivity contribution in [2.45, 2.75) is 0 Å². The summed E-state index contributed by atoms with van der Waals surface area (Å²) in [6.45, 7) is 1.60. The van der Waals surface area contributed by atoms with Gasteiger partial charge in [0.25, 0.3) is 5.91 Å². The van der Waals surface area contributed by atoms with Gasteiger partial charge in [-0.3, -0.25) is 4.79 Å². The molecule has 78 valence electrons. The van der Waals surface area contributed by atoms with Gasteiger partial charge in [0.05, 0.1) is 5.69 Å². The van der Waals surface area contributed by atoms with Crippen LogP contribution in [-0.2, 0) is 10.5 Å². The number of carbonyl (C=O) groups excluding carboxylic acids is 1. The van der Waals surface area contributed by atoms with Crippen LogP contribution in [0.2, 0.25) is 0 Å². The third kappa shape index (κ3) is 2.41. The van der Waals surface area contributed by atoms with Crippen molar-refractivity contribution in [3.05, 3.63) is 29.8 Å². The first kappa shape index (κ1) is 9.85. The first-order chi connectivity index (χ1) is 7.16. The average molecular weight is 224 g/mol. The molecule has 1 aliphatic heterocycles. The molecular formula is C9H8N2O3S. The second kappa shape index (κ2) is 3.82. The Balaban J connectivity index is 2.23. The Morgan fingerprint density at radius 3 is 2.27 bits per heavy atom. The van der Waals surface area contributed by atoms with Crippen molar-refractivity contribution >= 4 is 22.1 Å². The molecule has 0 radical (unpaired) electrons. The monoisotopic (exact) mass is 224 g/mol. The summed E-state index contributed by atoms with van der Waals surface area (Å²) in [7, 11) is -2.45. The number of hydrogen-bond donors (Lipinski definition) is 0. The highest BCUT2D eigenvalue weighted by molar-refractivity contribution is 7.61. The summed E-state index contributed by atoms with van der Waals surface area (Å²) in [5.41, 5.74) is 0.883. The number of nitrogens with zero attached hydrogens (tertiary/aromatic N) is 2. The van der Waals surface area contributed by atoms with Crippen molar-refractivity contribution in [3.63, 3.8) is 0 Å². The van der Waals surface area contributed by atoms with Gasteiger partial charge in [0.15, 0.2) is 0 Å². The standard InChI is InChI=1S/C9H8N2O3S/c12-9(11-5-6-11)7-1-3-8(4-2-7)10-15(13)14/h1-4H,5-6H2. The van der Waals surface area contributed by atoms with E-state index < -0.39 is 10.5 Å². The molecule has 1 saturated heterocycles. The quantitative estimate of drug-likeness (QED) is 0.699. The summed E-state index contributed by atoms with van der Waals surface area (Å²) < 4.78 is 23.8. The second-order valence-electron chi connectivity index (χ2n) is 3.15. The van der Waals surface area contributed by atoms with E-state index in [0.717, 1.165) is 13.1 Å². The number of carbonyl (C=O) groups is 1. The predicted octanol–water partition coefficient (Wildman–Crippen LogP) is 0.837. The molecule has 0 unspecified atom stereocenters. The highest BCUT2D eigenvalue weighted by atomic mass is 32.2. The molecule has 5 nitrogen and oxygen atoms in total. The van der Waals surface area contributed by atoms with E-state index in [1.54, 1.807) is 17.0 Å². The zero-order valence-corrected chi connectivity index (χ0v) is 8.57. The second-order valence-corrected chi connectivity index (χ2v) is 3.76. The zero-order chi connectivity index (χ0) is 10.8. The Bertz CT molecular complexity index is 507. The maximum Gasteiger partial charge on any atom is 0.316 e. The van der Waals surface area contributed by atoms with Gasteiger partial charge in [-0.2, -0.15) is 8.42 Å². The fraction of sp³-hybridized carbons (Fsp3) is 0.222. The maximum absolute atomic E-state index is 11.5. The topological polar surface area (TPSA) is 66.6 Å². The minimum atomic E-state index is -2.45. The van der Waals surface area contributed by atoms with Gasteiger partial charge in [-0.25, -0.2) is 0 Å². The minimum Gasteiger partial charge on any atom is -0.335 e. The SMILES string of the molecule is O=C(c1ccc(N=S(=O)=O)cc1)N1CC1. The molecule has 6 heteroatoms. The molecule has 1 aromatic rings. The number of benzene rings is 1. The Kier molecular flexibility index (Phi) is 2.51. The van der Waals surface area contributed by atoms with E-state index in [4.69, 9.17) is 0 Å². The number of rotatable bonds is 2. The lowest BCUT2D eigenvalue weighted by molar-refractivity contribution is 0.0885. The van der Waals surface area contributed by atoms with Gasteiger partial charge in [0, 0.05) is 18.7 Å². The molecular weight excluding hydrogens is 216 g/mol. The largest absolute Gasteiger partial charge is 0.335 e. The highest BCUT2D eigenvalue weighted by Gasteiger charge is 2.24. The van der Waals surface area contributed by atoms with Gasteiger partial charge in [0.1, 0.15) is 0 Å². The first-order valence-electron chi connectivity index (χ1n) is 4.37. The van der Waals surface area contributed by atoms with E-state index in [1.165, 1.54) is 12.1 Å². The van der Waals surface area contributed by atoms with E-state index >= 15 is 0 Å². The first-order valence-corrected chi connectivity index (χ1v) is 5.40. The smallest absolute Gasteiger partial charge is 0.316 e. The van der Waals surface area contributed by atoms with E-state index in [-0.39, 0.29) is 5.91 Å². The molecule has 0 aliphatic carbocycles. The van der Waals surface area contributed by atoms with E-state index in [1.807, 2.05) is 0 Å². The molecule has 0 atom stereocenters. The number of amides is 1.